The van der Waals surface area contributed by atoms with E-state index in [1.54, 1.807) is 11.3 Å². The summed E-state index contributed by atoms with van der Waals surface area (Å²) in [5.74, 6) is 0.826. The fourth-order valence-electron chi connectivity index (χ4n) is 2.17. The van der Waals surface area contributed by atoms with Gasteiger partial charge in [-0.15, -0.1) is 11.3 Å². The van der Waals surface area contributed by atoms with Gasteiger partial charge >= 0.3 is 0 Å². The third-order valence-electron chi connectivity index (χ3n) is 3.40. The third kappa shape index (κ3) is 10.9. The standard InChI is InChI=1S/C17H31NO2S/c1-15(2)8-5-3-4-6-10-18-12-16(19)13-20-14-17-9-7-11-21-17/h7,9,11,15-16,18-19H,3-6,8,10,12-14H2,1-2H3. The van der Waals surface area contributed by atoms with Gasteiger partial charge in [0.05, 0.1) is 19.3 Å². The highest BCUT2D eigenvalue weighted by molar-refractivity contribution is 7.09. The van der Waals surface area contributed by atoms with E-state index in [-0.39, 0.29) is 0 Å². The summed E-state index contributed by atoms with van der Waals surface area (Å²) in [5, 5.41) is 15.1. The number of ether oxygens (including phenoxy) is 1. The lowest BCUT2D eigenvalue weighted by Crippen LogP contribution is -2.30. The van der Waals surface area contributed by atoms with Crippen molar-refractivity contribution in [2.75, 3.05) is 19.7 Å². The molecular formula is C17H31NO2S. The minimum atomic E-state index is -0.411. The second-order valence-electron chi connectivity index (χ2n) is 6.05. The molecule has 1 atom stereocenters. The Bertz CT molecular complexity index is 328. The maximum absolute atomic E-state index is 9.80. The van der Waals surface area contributed by atoms with E-state index in [1.807, 2.05) is 11.4 Å². The van der Waals surface area contributed by atoms with E-state index in [4.69, 9.17) is 4.74 Å². The molecule has 3 nitrogen and oxygen atoms in total. The Morgan fingerprint density at radius 3 is 2.76 bits per heavy atom. The van der Waals surface area contributed by atoms with Crippen LogP contribution >= 0.6 is 11.3 Å². The number of hydrogen-bond acceptors (Lipinski definition) is 4. The second-order valence-corrected chi connectivity index (χ2v) is 7.08. The summed E-state index contributed by atoms with van der Waals surface area (Å²) in [5.41, 5.74) is 0. The summed E-state index contributed by atoms with van der Waals surface area (Å²) >= 11 is 1.68. The first kappa shape index (κ1) is 18.6. The summed E-state index contributed by atoms with van der Waals surface area (Å²) in [6.07, 6.45) is 6.08. The molecule has 0 spiro atoms. The van der Waals surface area contributed by atoms with Crippen molar-refractivity contribution in [3.63, 3.8) is 0 Å². The fourth-order valence-corrected chi connectivity index (χ4v) is 2.81. The minimum Gasteiger partial charge on any atom is -0.389 e. The summed E-state index contributed by atoms with van der Waals surface area (Å²) in [6, 6.07) is 4.07. The van der Waals surface area contributed by atoms with Crippen LogP contribution in [0.2, 0.25) is 0 Å². The average Bonchev–Trinajstić information content (AvgIpc) is 2.94. The predicted octanol–water partition coefficient (Wildman–Crippen LogP) is 3.82. The Kier molecular flexibility index (Phi) is 10.8. The molecule has 0 radical (unpaired) electrons. The van der Waals surface area contributed by atoms with Crippen molar-refractivity contribution in [2.45, 2.75) is 58.7 Å². The van der Waals surface area contributed by atoms with Gasteiger partial charge < -0.3 is 15.2 Å². The lowest BCUT2D eigenvalue weighted by Gasteiger charge is -2.12. The molecule has 4 heteroatoms. The molecule has 1 aromatic rings. The van der Waals surface area contributed by atoms with Crippen LogP contribution in [-0.4, -0.2) is 30.9 Å². The molecule has 1 heterocycles. The SMILES string of the molecule is CC(C)CCCCCCNCC(O)COCc1cccs1. The first-order valence-corrected chi connectivity index (χ1v) is 9.05. The Balaban J connectivity index is 1.83. The van der Waals surface area contributed by atoms with Crippen molar-refractivity contribution >= 4 is 11.3 Å². The van der Waals surface area contributed by atoms with E-state index < -0.39 is 6.10 Å². The molecule has 0 aliphatic rings. The van der Waals surface area contributed by atoms with Crippen LogP contribution in [0.15, 0.2) is 17.5 Å². The first-order valence-electron chi connectivity index (χ1n) is 8.17. The van der Waals surface area contributed by atoms with E-state index in [9.17, 15) is 5.11 Å². The molecule has 0 fully saturated rings. The van der Waals surface area contributed by atoms with Gasteiger partial charge in [-0.25, -0.2) is 0 Å². The zero-order valence-corrected chi connectivity index (χ0v) is 14.3. The maximum atomic E-state index is 9.80. The highest BCUT2D eigenvalue weighted by Gasteiger charge is 2.04. The molecule has 0 saturated heterocycles. The molecule has 122 valence electrons. The van der Waals surface area contributed by atoms with Gasteiger partial charge in [0, 0.05) is 11.4 Å². The van der Waals surface area contributed by atoms with Crippen LogP contribution in [0.25, 0.3) is 0 Å². The quantitative estimate of drug-likeness (QED) is 0.544. The van der Waals surface area contributed by atoms with Gasteiger partial charge in [0.2, 0.25) is 0 Å². The van der Waals surface area contributed by atoms with Crippen LogP contribution in [0.4, 0.5) is 0 Å². The fraction of sp³-hybridized carbons (Fsp3) is 0.765. The lowest BCUT2D eigenvalue weighted by molar-refractivity contribution is 0.0299. The van der Waals surface area contributed by atoms with Crippen molar-refractivity contribution in [1.29, 1.82) is 0 Å². The molecule has 21 heavy (non-hydrogen) atoms. The highest BCUT2D eigenvalue weighted by Crippen LogP contribution is 2.10. The average molecular weight is 314 g/mol. The molecule has 0 saturated carbocycles. The number of aliphatic hydroxyl groups excluding tert-OH is 1. The van der Waals surface area contributed by atoms with Crippen LogP contribution in [-0.2, 0) is 11.3 Å². The molecule has 0 bridgehead atoms. The van der Waals surface area contributed by atoms with Crippen molar-refractivity contribution in [1.82, 2.24) is 5.32 Å². The monoisotopic (exact) mass is 313 g/mol. The van der Waals surface area contributed by atoms with Crippen LogP contribution < -0.4 is 5.32 Å². The Labute approximate surface area is 133 Å². The van der Waals surface area contributed by atoms with Gasteiger partial charge in [-0.2, -0.15) is 0 Å². The smallest absolute Gasteiger partial charge is 0.0897 e. The Morgan fingerprint density at radius 1 is 1.24 bits per heavy atom. The number of thiophene rings is 1. The van der Waals surface area contributed by atoms with Crippen LogP contribution in [0, 0.1) is 5.92 Å². The topological polar surface area (TPSA) is 41.5 Å². The largest absolute Gasteiger partial charge is 0.389 e. The van der Waals surface area contributed by atoms with E-state index in [1.165, 1.54) is 37.0 Å². The molecule has 1 rings (SSSR count). The molecule has 0 aliphatic heterocycles. The number of aliphatic hydroxyl groups is 1. The van der Waals surface area contributed by atoms with E-state index >= 15 is 0 Å². The van der Waals surface area contributed by atoms with Gasteiger partial charge in [0.1, 0.15) is 0 Å². The van der Waals surface area contributed by atoms with Crippen molar-refractivity contribution < 1.29 is 9.84 Å². The van der Waals surface area contributed by atoms with Crippen LogP contribution in [0.3, 0.4) is 0 Å². The van der Waals surface area contributed by atoms with Crippen molar-refractivity contribution in [3.8, 4) is 0 Å². The number of nitrogens with one attached hydrogen (secondary N) is 1. The van der Waals surface area contributed by atoms with Gasteiger partial charge in [0.25, 0.3) is 0 Å². The molecular weight excluding hydrogens is 282 g/mol. The van der Waals surface area contributed by atoms with Crippen molar-refractivity contribution in [2.24, 2.45) is 5.92 Å². The number of unbranched alkanes of at least 4 members (excludes halogenated alkanes) is 3. The highest BCUT2D eigenvalue weighted by atomic mass is 32.1. The molecule has 1 unspecified atom stereocenters. The molecule has 0 aromatic carbocycles. The van der Waals surface area contributed by atoms with E-state index in [2.05, 4.69) is 25.2 Å². The summed E-state index contributed by atoms with van der Waals surface area (Å²) in [6.45, 7) is 7.18. The molecule has 0 aliphatic carbocycles. The zero-order valence-electron chi connectivity index (χ0n) is 13.5. The van der Waals surface area contributed by atoms with E-state index in [0.29, 0.717) is 19.8 Å². The third-order valence-corrected chi connectivity index (χ3v) is 4.25. The summed E-state index contributed by atoms with van der Waals surface area (Å²) in [4.78, 5) is 1.21. The van der Waals surface area contributed by atoms with Gasteiger partial charge in [-0.1, -0.05) is 45.6 Å². The molecule has 0 amide bonds. The van der Waals surface area contributed by atoms with Crippen LogP contribution in [0.5, 0.6) is 0 Å². The zero-order chi connectivity index (χ0) is 15.3. The van der Waals surface area contributed by atoms with Gasteiger partial charge in [-0.3, -0.25) is 0 Å². The maximum Gasteiger partial charge on any atom is 0.0897 e. The van der Waals surface area contributed by atoms with Gasteiger partial charge in [0.15, 0.2) is 0 Å². The summed E-state index contributed by atoms with van der Waals surface area (Å²) in [7, 11) is 0. The molecule has 2 N–H and O–H groups in total. The first-order chi connectivity index (χ1) is 10.2. The Morgan fingerprint density at radius 2 is 2.05 bits per heavy atom. The van der Waals surface area contributed by atoms with Crippen LogP contribution in [0.1, 0.15) is 50.8 Å². The summed E-state index contributed by atoms with van der Waals surface area (Å²) < 4.78 is 5.49. The van der Waals surface area contributed by atoms with E-state index in [0.717, 1.165) is 12.5 Å². The predicted molar refractivity (Wildman–Crippen MR) is 90.8 cm³/mol. The number of hydrogen-bond donors (Lipinski definition) is 2. The minimum absolute atomic E-state index is 0.402. The Hall–Kier alpha value is -0.420. The second kappa shape index (κ2) is 12.2. The van der Waals surface area contributed by atoms with Gasteiger partial charge in [-0.05, 0) is 30.3 Å². The number of rotatable bonds is 13. The molecule has 1 aromatic heterocycles. The lowest BCUT2D eigenvalue weighted by atomic mass is 10.0. The van der Waals surface area contributed by atoms with Crippen molar-refractivity contribution in [3.05, 3.63) is 22.4 Å². The normalized spacial score (nSPS) is 13.0.